The molecule has 1 N–H and O–H groups in total. The highest BCUT2D eigenvalue weighted by Crippen LogP contribution is 2.25. The number of carbonyl (C=O) groups is 3. The average molecular weight is 850 g/mol. The zero-order chi connectivity index (χ0) is 45.1. The molecule has 0 fully saturated rings. The van der Waals surface area contributed by atoms with Crippen LogP contribution in [0.5, 0.6) is 0 Å². The van der Waals surface area contributed by atoms with E-state index in [0.717, 1.165) is 109 Å². The zero-order valence-electron chi connectivity index (χ0n) is 42.0. The van der Waals surface area contributed by atoms with E-state index in [1.54, 1.807) is 0 Å². The summed E-state index contributed by atoms with van der Waals surface area (Å²) in [6, 6.07) is 0. The largest absolute Gasteiger partial charge is 0.444 e. The van der Waals surface area contributed by atoms with Crippen LogP contribution < -0.4 is 5.32 Å². The van der Waals surface area contributed by atoms with Gasteiger partial charge in [0.25, 0.3) is 0 Å². The van der Waals surface area contributed by atoms with Crippen molar-refractivity contribution in [3.8, 4) is 0 Å². The molecule has 0 aliphatic carbocycles. The number of hydrogen-bond donors (Lipinski definition) is 1. The van der Waals surface area contributed by atoms with E-state index in [0.29, 0.717) is 12.3 Å². The SMILES string of the molecule is CCCCCC(C)CCCC(C)CCC(=O)NCCCCCCC(CCCCCCN(CCCC)C(=O)OC(C)(C)C)CCCCCCN(CCCC)C(=O)OC(C)(C)C. The molecule has 2 atom stereocenters. The van der Waals surface area contributed by atoms with E-state index in [9.17, 15) is 14.4 Å². The van der Waals surface area contributed by atoms with Crippen molar-refractivity contribution in [3.05, 3.63) is 0 Å². The van der Waals surface area contributed by atoms with Crippen molar-refractivity contribution in [2.75, 3.05) is 32.7 Å². The van der Waals surface area contributed by atoms with Crippen molar-refractivity contribution in [3.63, 3.8) is 0 Å². The summed E-state index contributed by atoms with van der Waals surface area (Å²) in [6.45, 7) is 26.9. The Bertz CT molecular complexity index is 986. The Morgan fingerprint density at radius 2 is 0.817 bits per heavy atom. The molecule has 0 rings (SSSR count). The van der Waals surface area contributed by atoms with Crippen LogP contribution in [0.4, 0.5) is 9.59 Å². The number of nitrogens with zero attached hydrogens (tertiary/aromatic N) is 2. The Morgan fingerprint density at radius 3 is 1.25 bits per heavy atom. The molecule has 0 aromatic heterocycles. The van der Waals surface area contributed by atoms with E-state index in [-0.39, 0.29) is 18.1 Å². The van der Waals surface area contributed by atoms with Crippen molar-refractivity contribution in [1.82, 2.24) is 15.1 Å². The first-order valence-corrected chi connectivity index (χ1v) is 25.7. The van der Waals surface area contributed by atoms with Gasteiger partial charge < -0.3 is 24.6 Å². The van der Waals surface area contributed by atoms with Gasteiger partial charge in [0.05, 0.1) is 0 Å². The van der Waals surface area contributed by atoms with Crippen LogP contribution in [-0.2, 0) is 14.3 Å². The van der Waals surface area contributed by atoms with Gasteiger partial charge >= 0.3 is 12.2 Å². The number of nitrogens with one attached hydrogen (secondary N) is 1. The quantitative estimate of drug-likeness (QED) is 0.0625. The third-order valence-electron chi connectivity index (χ3n) is 11.9. The van der Waals surface area contributed by atoms with Gasteiger partial charge in [0.15, 0.2) is 0 Å². The lowest BCUT2D eigenvalue weighted by molar-refractivity contribution is -0.121. The molecule has 0 bridgehead atoms. The van der Waals surface area contributed by atoms with Gasteiger partial charge in [-0.25, -0.2) is 9.59 Å². The van der Waals surface area contributed by atoms with Crippen molar-refractivity contribution >= 4 is 18.1 Å². The number of rotatable bonds is 38. The molecular formula is C52H103N3O5. The predicted molar refractivity (Wildman–Crippen MR) is 257 cm³/mol. The molecule has 60 heavy (non-hydrogen) atoms. The Morgan fingerprint density at radius 1 is 0.450 bits per heavy atom. The number of ether oxygens (including phenoxy) is 2. The van der Waals surface area contributed by atoms with E-state index in [4.69, 9.17) is 9.47 Å². The predicted octanol–water partition coefficient (Wildman–Crippen LogP) is 15.4. The molecule has 8 heteroatoms. The molecule has 0 aliphatic heterocycles. The summed E-state index contributed by atoms with van der Waals surface area (Å²) in [4.78, 5) is 42.0. The maximum Gasteiger partial charge on any atom is 0.410 e. The van der Waals surface area contributed by atoms with Crippen molar-refractivity contribution in [1.29, 1.82) is 0 Å². The summed E-state index contributed by atoms with van der Waals surface area (Å²) in [5, 5.41) is 3.20. The number of amides is 3. The second-order valence-electron chi connectivity index (χ2n) is 20.6. The van der Waals surface area contributed by atoms with Crippen LogP contribution in [0.3, 0.4) is 0 Å². The highest BCUT2D eigenvalue weighted by molar-refractivity contribution is 5.75. The lowest BCUT2D eigenvalue weighted by Crippen LogP contribution is -2.38. The van der Waals surface area contributed by atoms with Crippen LogP contribution in [0, 0.1) is 17.8 Å². The molecule has 0 saturated carbocycles. The molecule has 0 saturated heterocycles. The van der Waals surface area contributed by atoms with Crippen LogP contribution in [0.2, 0.25) is 0 Å². The smallest absolute Gasteiger partial charge is 0.410 e. The third kappa shape index (κ3) is 36.6. The Labute approximate surface area is 373 Å². The van der Waals surface area contributed by atoms with Gasteiger partial charge in [-0.05, 0) is 97.8 Å². The molecule has 2 unspecified atom stereocenters. The third-order valence-corrected chi connectivity index (χ3v) is 11.9. The minimum Gasteiger partial charge on any atom is -0.444 e. The molecule has 0 heterocycles. The summed E-state index contributed by atoms with van der Waals surface area (Å²) in [5.41, 5.74) is -0.933. The average Bonchev–Trinajstić information content (AvgIpc) is 3.16. The summed E-state index contributed by atoms with van der Waals surface area (Å²) in [7, 11) is 0. The van der Waals surface area contributed by atoms with E-state index >= 15 is 0 Å². The van der Waals surface area contributed by atoms with Gasteiger partial charge in [-0.3, -0.25) is 4.79 Å². The van der Waals surface area contributed by atoms with Gasteiger partial charge in [0, 0.05) is 39.1 Å². The van der Waals surface area contributed by atoms with Crippen LogP contribution in [-0.4, -0.2) is 71.8 Å². The Hall–Kier alpha value is -1.99. The zero-order valence-corrected chi connectivity index (χ0v) is 42.0. The summed E-state index contributed by atoms with van der Waals surface area (Å²) >= 11 is 0. The molecule has 0 spiro atoms. The molecule has 8 nitrogen and oxygen atoms in total. The molecule has 0 aromatic rings. The summed E-state index contributed by atoms with van der Waals surface area (Å²) in [6.07, 6.45) is 32.6. The fourth-order valence-electron chi connectivity index (χ4n) is 8.00. The maximum atomic E-state index is 12.8. The van der Waals surface area contributed by atoms with Gasteiger partial charge in [0.2, 0.25) is 5.91 Å². The Kier molecular flexibility index (Phi) is 35.3. The van der Waals surface area contributed by atoms with Crippen molar-refractivity contribution in [2.45, 2.75) is 267 Å². The topological polar surface area (TPSA) is 88.2 Å². The van der Waals surface area contributed by atoms with E-state index in [1.807, 2.05) is 51.3 Å². The van der Waals surface area contributed by atoms with E-state index in [1.165, 1.54) is 109 Å². The lowest BCUT2D eigenvalue weighted by Gasteiger charge is -2.27. The van der Waals surface area contributed by atoms with E-state index in [2.05, 4.69) is 39.9 Å². The molecular weight excluding hydrogens is 747 g/mol. The first kappa shape index (κ1) is 58.0. The minimum atomic E-state index is -0.467. The van der Waals surface area contributed by atoms with Gasteiger partial charge in [-0.15, -0.1) is 0 Å². The lowest BCUT2D eigenvalue weighted by atomic mass is 9.89. The monoisotopic (exact) mass is 850 g/mol. The van der Waals surface area contributed by atoms with Gasteiger partial charge in [0.1, 0.15) is 11.2 Å². The number of hydrogen-bond acceptors (Lipinski definition) is 5. The second kappa shape index (κ2) is 36.5. The summed E-state index contributed by atoms with van der Waals surface area (Å²) < 4.78 is 11.4. The first-order chi connectivity index (χ1) is 28.5. The fraction of sp³-hybridized carbons (Fsp3) is 0.942. The highest BCUT2D eigenvalue weighted by atomic mass is 16.6. The molecule has 3 amide bonds. The molecule has 0 radical (unpaired) electrons. The fourth-order valence-corrected chi connectivity index (χ4v) is 8.00. The summed E-state index contributed by atoms with van der Waals surface area (Å²) in [5.74, 6) is 2.44. The molecule has 356 valence electrons. The standard InChI is InChI=1S/C52H103N3O5/c1-12-15-24-32-45(4)33-31-34-46(5)38-39-48(56)53-40-28-21-18-25-35-47(36-26-19-22-29-43-54(41-16-13-2)49(57)59-51(6,7)8)37-27-20-23-30-44-55(42-17-14-3)50(58)60-52(9,10)11/h45-47H,12-44H2,1-11H3,(H,53,56). The van der Waals surface area contributed by atoms with Crippen molar-refractivity contribution in [2.24, 2.45) is 17.8 Å². The van der Waals surface area contributed by atoms with Crippen LogP contribution in [0.1, 0.15) is 256 Å². The Balaban J connectivity index is 4.73. The van der Waals surface area contributed by atoms with Crippen LogP contribution in [0.15, 0.2) is 0 Å². The minimum absolute atomic E-state index is 0.175. The number of carbonyl (C=O) groups excluding carboxylic acids is 3. The van der Waals surface area contributed by atoms with Crippen LogP contribution in [0.25, 0.3) is 0 Å². The van der Waals surface area contributed by atoms with Crippen LogP contribution >= 0.6 is 0 Å². The molecule has 0 aliphatic rings. The van der Waals surface area contributed by atoms with Crippen molar-refractivity contribution < 1.29 is 23.9 Å². The number of unbranched alkanes of at least 4 members (excludes halogenated alkanes) is 13. The first-order valence-electron chi connectivity index (χ1n) is 25.7. The van der Waals surface area contributed by atoms with E-state index < -0.39 is 11.2 Å². The highest BCUT2D eigenvalue weighted by Gasteiger charge is 2.23. The second-order valence-corrected chi connectivity index (χ2v) is 20.6. The maximum absolute atomic E-state index is 12.8. The normalized spacial score (nSPS) is 13.0. The van der Waals surface area contributed by atoms with Gasteiger partial charge in [-0.1, -0.05) is 169 Å². The van der Waals surface area contributed by atoms with Gasteiger partial charge in [-0.2, -0.15) is 0 Å². The molecule has 0 aromatic carbocycles.